The van der Waals surface area contributed by atoms with E-state index in [1.807, 2.05) is 0 Å². The maximum atomic E-state index is 12.6. The Morgan fingerprint density at radius 3 is 1.78 bits per heavy atom. The zero-order valence-corrected chi connectivity index (χ0v) is 19.4. The molecule has 0 unspecified atom stereocenters. The van der Waals surface area contributed by atoms with Crippen molar-refractivity contribution < 1.29 is 27.5 Å². The molecule has 0 aromatic heterocycles. The zero-order valence-electron chi connectivity index (χ0n) is 19.4. The fourth-order valence-electron chi connectivity index (χ4n) is 3.39. The van der Waals surface area contributed by atoms with Crippen LogP contribution in [0.5, 0.6) is 0 Å². The summed E-state index contributed by atoms with van der Waals surface area (Å²) < 4.78 is 43.0. The van der Waals surface area contributed by atoms with E-state index in [4.69, 9.17) is 4.74 Å². The minimum Gasteiger partial charge on any atom is -0.464 e. The Morgan fingerprint density at radius 2 is 1.31 bits per heavy atom. The van der Waals surface area contributed by atoms with Crippen LogP contribution in [0.2, 0.25) is 0 Å². The molecule has 1 aromatic carbocycles. The first-order valence-electron chi connectivity index (χ1n) is 11.9. The van der Waals surface area contributed by atoms with Gasteiger partial charge in [0.25, 0.3) is 5.91 Å². The SMILES string of the molecule is CCCCCCCCCCCCCCOC(=O)[C@H](C)NC(=O)c1ccc(C(F)(F)F)cc1. The molecule has 1 N–H and O–H groups in total. The summed E-state index contributed by atoms with van der Waals surface area (Å²) in [7, 11) is 0. The smallest absolute Gasteiger partial charge is 0.416 e. The lowest BCUT2D eigenvalue weighted by molar-refractivity contribution is -0.145. The van der Waals surface area contributed by atoms with Gasteiger partial charge in [0.2, 0.25) is 0 Å². The monoisotopic (exact) mass is 457 g/mol. The van der Waals surface area contributed by atoms with E-state index < -0.39 is 29.7 Å². The highest BCUT2D eigenvalue weighted by molar-refractivity contribution is 5.96. The molecule has 0 radical (unpaired) electrons. The van der Waals surface area contributed by atoms with E-state index in [1.54, 1.807) is 0 Å². The van der Waals surface area contributed by atoms with E-state index in [0.717, 1.165) is 43.5 Å². The summed E-state index contributed by atoms with van der Waals surface area (Å²) in [5.41, 5.74) is -0.775. The van der Waals surface area contributed by atoms with E-state index in [9.17, 15) is 22.8 Å². The highest BCUT2D eigenvalue weighted by Crippen LogP contribution is 2.29. The van der Waals surface area contributed by atoms with Gasteiger partial charge in [-0.05, 0) is 37.6 Å². The number of carbonyl (C=O) groups is 2. The first-order chi connectivity index (χ1) is 15.3. The summed E-state index contributed by atoms with van der Waals surface area (Å²) in [5.74, 6) is -1.16. The Hall–Kier alpha value is -2.05. The number of hydrogen-bond acceptors (Lipinski definition) is 3. The maximum Gasteiger partial charge on any atom is 0.416 e. The molecule has 1 amide bonds. The Balaban J connectivity index is 2.10. The second-order valence-electron chi connectivity index (χ2n) is 8.33. The topological polar surface area (TPSA) is 55.4 Å². The van der Waals surface area contributed by atoms with Gasteiger partial charge in [0.1, 0.15) is 6.04 Å². The third kappa shape index (κ3) is 12.1. The van der Waals surface area contributed by atoms with Gasteiger partial charge >= 0.3 is 12.1 Å². The Bertz CT molecular complexity index is 659. The van der Waals surface area contributed by atoms with Crippen LogP contribution >= 0.6 is 0 Å². The molecule has 1 rings (SSSR count). The van der Waals surface area contributed by atoms with Crippen LogP contribution in [0.15, 0.2) is 24.3 Å². The van der Waals surface area contributed by atoms with Crippen molar-refractivity contribution in [2.45, 2.75) is 103 Å². The summed E-state index contributed by atoms with van der Waals surface area (Å²) >= 11 is 0. The van der Waals surface area contributed by atoms with Gasteiger partial charge in [0.15, 0.2) is 0 Å². The predicted molar refractivity (Wildman–Crippen MR) is 120 cm³/mol. The van der Waals surface area contributed by atoms with Gasteiger partial charge in [-0.2, -0.15) is 13.2 Å². The van der Waals surface area contributed by atoms with Crippen LogP contribution in [-0.4, -0.2) is 24.5 Å². The highest BCUT2D eigenvalue weighted by Gasteiger charge is 2.30. The van der Waals surface area contributed by atoms with Crippen LogP contribution in [0.25, 0.3) is 0 Å². The maximum absolute atomic E-state index is 12.6. The van der Waals surface area contributed by atoms with Crippen molar-refractivity contribution in [1.82, 2.24) is 5.32 Å². The molecule has 0 saturated carbocycles. The van der Waals surface area contributed by atoms with Crippen molar-refractivity contribution in [3.05, 3.63) is 35.4 Å². The molecule has 0 fully saturated rings. The molecule has 0 saturated heterocycles. The fourth-order valence-corrected chi connectivity index (χ4v) is 3.39. The van der Waals surface area contributed by atoms with Crippen molar-refractivity contribution in [3.8, 4) is 0 Å². The van der Waals surface area contributed by atoms with Gasteiger partial charge in [-0.1, -0.05) is 77.6 Å². The van der Waals surface area contributed by atoms with Crippen molar-refractivity contribution in [3.63, 3.8) is 0 Å². The molecular weight excluding hydrogens is 419 g/mol. The average molecular weight is 458 g/mol. The number of esters is 1. The van der Waals surface area contributed by atoms with Gasteiger partial charge in [-0.25, -0.2) is 4.79 Å². The summed E-state index contributed by atoms with van der Waals surface area (Å²) in [5, 5.41) is 2.46. The van der Waals surface area contributed by atoms with Crippen molar-refractivity contribution in [1.29, 1.82) is 0 Å². The average Bonchev–Trinajstić information content (AvgIpc) is 2.76. The number of carbonyl (C=O) groups excluding carboxylic acids is 2. The molecule has 1 aromatic rings. The van der Waals surface area contributed by atoms with Crippen LogP contribution < -0.4 is 5.32 Å². The number of nitrogens with one attached hydrogen (secondary N) is 1. The van der Waals surface area contributed by atoms with E-state index in [1.165, 1.54) is 64.7 Å². The third-order valence-corrected chi connectivity index (χ3v) is 5.42. The Kier molecular flexibility index (Phi) is 13.7. The second kappa shape index (κ2) is 15.7. The van der Waals surface area contributed by atoms with Gasteiger partial charge in [-0.3, -0.25) is 4.79 Å². The largest absolute Gasteiger partial charge is 0.464 e. The molecule has 32 heavy (non-hydrogen) atoms. The number of benzene rings is 1. The summed E-state index contributed by atoms with van der Waals surface area (Å²) in [4.78, 5) is 24.1. The number of hydrogen-bond donors (Lipinski definition) is 1. The molecule has 4 nitrogen and oxygen atoms in total. The first kappa shape index (κ1) is 28.0. The molecule has 0 aliphatic heterocycles. The molecule has 0 aliphatic rings. The van der Waals surface area contributed by atoms with Gasteiger partial charge < -0.3 is 10.1 Å². The number of ether oxygens (including phenoxy) is 1. The lowest BCUT2D eigenvalue weighted by atomic mass is 10.1. The first-order valence-corrected chi connectivity index (χ1v) is 11.9. The highest BCUT2D eigenvalue weighted by atomic mass is 19.4. The Labute approximate surface area is 190 Å². The summed E-state index contributed by atoms with van der Waals surface area (Å²) in [6.07, 6.45) is 10.2. The minimum absolute atomic E-state index is 0.0543. The lowest BCUT2D eigenvalue weighted by Crippen LogP contribution is -2.39. The van der Waals surface area contributed by atoms with E-state index >= 15 is 0 Å². The van der Waals surface area contributed by atoms with Gasteiger partial charge in [0, 0.05) is 5.56 Å². The predicted octanol–water partition coefficient (Wildman–Crippen LogP) is 7.07. The molecule has 1 atom stereocenters. The lowest BCUT2D eigenvalue weighted by Gasteiger charge is -2.14. The number of rotatable bonds is 16. The summed E-state index contributed by atoms with van der Waals surface area (Å²) in [6.45, 7) is 4.02. The zero-order chi connectivity index (χ0) is 23.8. The summed E-state index contributed by atoms with van der Waals surface area (Å²) in [6, 6.07) is 2.98. The Morgan fingerprint density at radius 1 is 0.844 bits per heavy atom. The van der Waals surface area contributed by atoms with Crippen LogP contribution in [0.1, 0.15) is 107 Å². The normalized spacial score (nSPS) is 12.4. The van der Waals surface area contributed by atoms with Crippen molar-refractivity contribution in [2.24, 2.45) is 0 Å². The molecule has 0 aliphatic carbocycles. The van der Waals surface area contributed by atoms with Gasteiger partial charge in [-0.15, -0.1) is 0 Å². The van der Waals surface area contributed by atoms with Gasteiger partial charge in [0.05, 0.1) is 12.2 Å². The van der Waals surface area contributed by atoms with E-state index in [-0.39, 0.29) is 5.56 Å². The minimum atomic E-state index is -4.46. The quantitative estimate of drug-likeness (QED) is 0.213. The standard InChI is InChI=1S/C25H38F3NO3/c1-3-4-5-6-7-8-9-10-11-12-13-14-19-32-24(31)20(2)29-23(30)21-15-17-22(18-16-21)25(26,27)28/h15-18,20H,3-14,19H2,1-2H3,(H,29,30)/t20-/m0/s1. The molecule has 0 bridgehead atoms. The number of unbranched alkanes of at least 4 members (excludes halogenated alkanes) is 11. The fraction of sp³-hybridized carbons (Fsp3) is 0.680. The van der Waals surface area contributed by atoms with Crippen LogP contribution in [0.3, 0.4) is 0 Å². The third-order valence-electron chi connectivity index (χ3n) is 5.42. The van der Waals surface area contributed by atoms with Crippen LogP contribution in [-0.2, 0) is 15.7 Å². The molecule has 0 heterocycles. The van der Waals surface area contributed by atoms with E-state index in [2.05, 4.69) is 12.2 Å². The number of halogens is 3. The van der Waals surface area contributed by atoms with Crippen molar-refractivity contribution >= 4 is 11.9 Å². The van der Waals surface area contributed by atoms with Crippen LogP contribution in [0.4, 0.5) is 13.2 Å². The van der Waals surface area contributed by atoms with Crippen molar-refractivity contribution in [2.75, 3.05) is 6.61 Å². The molecule has 7 heteroatoms. The molecule has 0 spiro atoms. The van der Waals surface area contributed by atoms with Crippen LogP contribution in [0, 0.1) is 0 Å². The second-order valence-corrected chi connectivity index (χ2v) is 8.33. The molecule has 182 valence electrons. The number of alkyl halides is 3. The number of amides is 1. The van der Waals surface area contributed by atoms with E-state index in [0.29, 0.717) is 6.61 Å². The molecular formula is C25H38F3NO3.